The highest BCUT2D eigenvalue weighted by Gasteiger charge is 1.90. The maximum Gasteiger partial charge on any atom is 0.150 e. The Bertz CT molecular complexity index is 327. The molecule has 0 radical (unpaired) electrons. The second-order valence-electron chi connectivity index (χ2n) is 1.88. The first-order valence-corrected chi connectivity index (χ1v) is 3.45. The average molecular weight is 170 g/mol. The third-order valence-corrected chi connectivity index (χ3v) is 1.43. The van der Waals surface area contributed by atoms with Gasteiger partial charge in [-0.25, -0.2) is 4.98 Å². The molecule has 58 valence electrons. The molecule has 0 bridgehead atoms. The summed E-state index contributed by atoms with van der Waals surface area (Å²) in [5.41, 5.74) is 0.726. The lowest BCUT2D eigenvalue weighted by molar-refractivity contribution is 0.955. The molecular formula is C7H8ClN3. The number of rotatable bonds is 1. The number of nitrogens with zero attached hydrogens (tertiary/aromatic N) is 3. The lowest BCUT2D eigenvalue weighted by Crippen LogP contribution is -2.15. The van der Waals surface area contributed by atoms with Crippen LogP contribution in [0.5, 0.6) is 0 Å². The fourth-order valence-corrected chi connectivity index (χ4v) is 0.874. The molecule has 0 aliphatic rings. The number of hydrogen-bond acceptors (Lipinski definition) is 2. The van der Waals surface area contributed by atoms with Gasteiger partial charge in [0.25, 0.3) is 0 Å². The van der Waals surface area contributed by atoms with Gasteiger partial charge in [0.15, 0.2) is 0 Å². The fourth-order valence-electron chi connectivity index (χ4n) is 0.720. The van der Waals surface area contributed by atoms with Crippen molar-refractivity contribution >= 4 is 17.8 Å². The van der Waals surface area contributed by atoms with E-state index in [0.717, 1.165) is 5.49 Å². The van der Waals surface area contributed by atoms with Gasteiger partial charge in [-0.1, -0.05) is 18.2 Å². The summed E-state index contributed by atoms with van der Waals surface area (Å²) < 4.78 is 1.70. The van der Waals surface area contributed by atoms with Crippen molar-refractivity contribution < 1.29 is 0 Å². The predicted molar refractivity (Wildman–Crippen MR) is 45.1 cm³/mol. The number of hydrogen-bond donors (Lipinski definition) is 0. The van der Waals surface area contributed by atoms with Gasteiger partial charge in [0, 0.05) is 19.4 Å². The van der Waals surface area contributed by atoms with Crippen LogP contribution in [0.1, 0.15) is 0 Å². The molecule has 4 heteroatoms. The Labute approximate surface area is 69.7 Å². The molecule has 0 spiro atoms. The second kappa shape index (κ2) is 3.34. The van der Waals surface area contributed by atoms with Crippen molar-refractivity contribution in [3.05, 3.63) is 29.6 Å². The van der Waals surface area contributed by atoms with Gasteiger partial charge in [0.1, 0.15) is 10.6 Å². The first-order valence-electron chi connectivity index (χ1n) is 3.07. The molecule has 1 heterocycles. The molecule has 11 heavy (non-hydrogen) atoms. The summed E-state index contributed by atoms with van der Waals surface area (Å²) in [5, 5.41) is 0.428. The molecule has 0 fully saturated rings. The molecule has 1 rings (SSSR count). The first kappa shape index (κ1) is 8.01. The van der Waals surface area contributed by atoms with E-state index in [2.05, 4.69) is 16.6 Å². The quantitative estimate of drug-likeness (QED) is 0.621. The molecule has 0 aliphatic heterocycles. The molecule has 3 nitrogen and oxygen atoms in total. The molecular weight excluding hydrogens is 162 g/mol. The molecule has 0 amide bonds. The number of aromatic nitrogens is 2. The largest absolute Gasteiger partial charge is 0.305 e. The van der Waals surface area contributed by atoms with E-state index in [1.54, 1.807) is 30.2 Å². The average Bonchev–Trinajstić information content (AvgIpc) is 2.04. The van der Waals surface area contributed by atoms with Crippen LogP contribution >= 0.6 is 11.6 Å². The van der Waals surface area contributed by atoms with Crippen LogP contribution in [0.4, 0.5) is 0 Å². The first-order chi connectivity index (χ1) is 5.27. The van der Waals surface area contributed by atoms with E-state index >= 15 is 0 Å². The summed E-state index contributed by atoms with van der Waals surface area (Å²) >= 11 is 5.63. The summed E-state index contributed by atoms with van der Waals surface area (Å²) in [6.45, 7) is 3.60. The minimum atomic E-state index is 0.428. The Morgan fingerprint density at radius 3 is 3.09 bits per heavy atom. The third kappa shape index (κ3) is 1.68. The van der Waals surface area contributed by atoms with Gasteiger partial charge in [-0.15, -0.1) is 0 Å². The normalized spacial score (nSPS) is 11.6. The highest BCUT2D eigenvalue weighted by atomic mass is 35.5. The summed E-state index contributed by atoms with van der Waals surface area (Å²) in [6, 6.07) is 0. The monoisotopic (exact) mass is 169 g/mol. The SMILES string of the molecule is C=Cn1cc(Cl)ncc1=NC. The van der Waals surface area contributed by atoms with E-state index in [9.17, 15) is 0 Å². The van der Waals surface area contributed by atoms with Gasteiger partial charge in [0.05, 0.1) is 6.20 Å². The lowest BCUT2D eigenvalue weighted by Gasteiger charge is -1.98. The summed E-state index contributed by atoms with van der Waals surface area (Å²) in [7, 11) is 1.69. The van der Waals surface area contributed by atoms with E-state index in [1.165, 1.54) is 0 Å². The van der Waals surface area contributed by atoms with Gasteiger partial charge in [-0.3, -0.25) is 4.99 Å². The van der Waals surface area contributed by atoms with Crippen molar-refractivity contribution in [2.45, 2.75) is 0 Å². The van der Waals surface area contributed by atoms with E-state index in [0.29, 0.717) is 5.15 Å². The molecule has 1 aromatic rings. The topological polar surface area (TPSA) is 30.2 Å². The highest BCUT2D eigenvalue weighted by molar-refractivity contribution is 6.29. The van der Waals surface area contributed by atoms with Crippen molar-refractivity contribution in [3.8, 4) is 0 Å². The summed E-state index contributed by atoms with van der Waals surface area (Å²) in [5.74, 6) is 0. The van der Waals surface area contributed by atoms with Crippen LogP contribution in [0.25, 0.3) is 6.20 Å². The Morgan fingerprint density at radius 1 is 1.82 bits per heavy atom. The van der Waals surface area contributed by atoms with Gasteiger partial charge in [-0.05, 0) is 0 Å². The van der Waals surface area contributed by atoms with Crippen LogP contribution in [-0.4, -0.2) is 16.6 Å². The van der Waals surface area contributed by atoms with Crippen molar-refractivity contribution in [2.75, 3.05) is 7.05 Å². The molecule has 0 N–H and O–H groups in total. The molecule has 0 unspecified atom stereocenters. The molecule has 0 saturated heterocycles. The van der Waals surface area contributed by atoms with E-state index in [1.807, 2.05) is 0 Å². The van der Waals surface area contributed by atoms with Crippen molar-refractivity contribution in [3.63, 3.8) is 0 Å². The Hall–Kier alpha value is -1.09. The maximum absolute atomic E-state index is 5.63. The molecule has 0 saturated carbocycles. The van der Waals surface area contributed by atoms with E-state index < -0.39 is 0 Å². The van der Waals surface area contributed by atoms with Gasteiger partial charge < -0.3 is 4.57 Å². The second-order valence-corrected chi connectivity index (χ2v) is 2.27. The molecule has 0 atom stereocenters. The van der Waals surface area contributed by atoms with Crippen molar-refractivity contribution in [2.24, 2.45) is 4.99 Å². The molecule has 0 aromatic carbocycles. The van der Waals surface area contributed by atoms with Gasteiger partial charge >= 0.3 is 0 Å². The highest BCUT2D eigenvalue weighted by Crippen LogP contribution is 1.97. The Kier molecular flexibility index (Phi) is 2.44. The van der Waals surface area contributed by atoms with Crippen molar-refractivity contribution in [1.29, 1.82) is 0 Å². The van der Waals surface area contributed by atoms with Crippen molar-refractivity contribution in [1.82, 2.24) is 9.55 Å². The maximum atomic E-state index is 5.63. The van der Waals surface area contributed by atoms with Gasteiger partial charge in [0.2, 0.25) is 0 Å². The lowest BCUT2D eigenvalue weighted by atomic mass is 10.6. The van der Waals surface area contributed by atoms with E-state index in [4.69, 9.17) is 11.6 Å². The zero-order chi connectivity index (χ0) is 8.27. The third-order valence-electron chi connectivity index (χ3n) is 1.24. The predicted octanol–water partition coefficient (Wildman–Crippen LogP) is 1.17. The fraction of sp³-hybridized carbons (Fsp3) is 0.143. The zero-order valence-electron chi connectivity index (χ0n) is 6.16. The molecule has 0 aliphatic carbocycles. The smallest absolute Gasteiger partial charge is 0.150 e. The van der Waals surface area contributed by atoms with Crippen LogP contribution in [0, 0.1) is 0 Å². The van der Waals surface area contributed by atoms with Crippen LogP contribution < -0.4 is 5.49 Å². The van der Waals surface area contributed by atoms with E-state index in [-0.39, 0.29) is 0 Å². The van der Waals surface area contributed by atoms with Crippen LogP contribution in [-0.2, 0) is 0 Å². The van der Waals surface area contributed by atoms with Crippen LogP contribution in [0.3, 0.4) is 0 Å². The van der Waals surface area contributed by atoms with Crippen LogP contribution in [0.15, 0.2) is 24.0 Å². The zero-order valence-corrected chi connectivity index (χ0v) is 6.91. The number of halogens is 1. The summed E-state index contributed by atoms with van der Waals surface area (Å²) in [4.78, 5) is 7.81. The Balaban J connectivity index is 3.40. The van der Waals surface area contributed by atoms with Crippen LogP contribution in [0.2, 0.25) is 5.15 Å². The minimum Gasteiger partial charge on any atom is -0.305 e. The van der Waals surface area contributed by atoms with Gasteiger partial charge in [-0.2, -0.15) is 0 Å². The standard InChI is InChI=1S/C7H8ClN3/c1-3-11-5-6(8)10-4-7(11)9-2/h3-5H,1H2,2H3. The Morgan fingerprint density at radius 2 is 2.55 bits per heavy atom. The molecule has 1 aromatic heterocycles. The summed E-state index contributed by atoms with van der Waals surface area (Å²) in [6.07, 6.45) is 4.86. The minimum absolute atomic E-state index is 0.428.